The molecule has 7 heteroatoms. The number of aryl methyl sites for hydroxylation is 1. The third-order valence-corrected chi connectivity index (χ3v) is 3.68. The molecule has 2 aromatic rings. The summed E-state index contributed by atoms with van der Waals surface area (Å²) in [7, 11) is 0. The van der Waals surface area contributed by atoms with Crippen LogP contribution in [0, 0.1) is 22.9 Å². The fourth-order valence-corrected chi connectivity index (χ4v) is 2.55. The van der Waals surface area contributed by atoms with E-state index in [4.69, 9.17) is 4.74 Å². The average molecular weight is 316 g/mol. The number of amides is 1. The maximum absolute atomic E-state index is 13.3. The van der Waals surface area contributed by atoms with Gasteiger partial charge in [0.15, 0.2) is 0 Å². The van der Waals surface area contributed by atoms with Gasteiger partial charge in [-0.3, -0.25) is 14.9 Å². The zero-order valence-electron chi connectivity index (χ0n) is 12.3. The topological polar surface area (TPSA) is 72.7 Å². The molecule has 1 aliphatic heterocycles. The lowest BCUT2D eigenvalue weighted by molar-refractivity contribution is -0.384. The molecule has 1 aliphatic rings. The van der Waals surface area contributed by atoms with Crippen molar-refractivity contribution in [3.05, 3.63) is 63.5 Å². The molecule has 0 radical (unpaired) electrons. The van der Waals surface area contributed by atoms with Crippen LogP contribution in [-0.2, 0) is 0 Å². The minimum Gasteiger partial charge on any atom is -0.489 e. The largest absolute Gasteiger partial charge is 0.489 e. The Hall–Kier alpha value is -2.96. The lowest BCUT2D eigenvalue weighted by atomic mass is 10.1. The van der Waals surface area contributed by atoms with Gasteiger partial charge in [-0.1, -0.05) is 0 Å². The smallest absolute Gasteiger partial charge is 0.269 e. The first-order chi connectivity index (χ1) is 11.0. The normalized spacial score (nSPS) is 13.2. The number of nitro groups is 1. The predicted molar refractivity (Wildman–Crippen MR) is 81.4 cm³/mol. The van der Waals surface area contributed by atoms with E-state index in [1.165, 1.54) is 41.3 Å². The summed E-state index contributed by atoms with van der Waals surface area (Å²) in [5.74, 6) is -0.428. The zero-order valence-corrected chi connectivity index (χ0v) is 12.3. The first-order valence-electron chi connectivity index (χ1n) is 6.96. The Morgan fingerprint density at radius 3 is 2.78 bits per heavy atom. The van der Waals surface area contributed by atoms with Crippen LogP contribution in [0.1, 0.15) is 15.9 Å². The van der Waals surface area contributed by atoms with Gasteiger partial charge in [0, 0.05) is 23.8 Å². The lowest BCUT2D eigenvalue weighted by Gasteiger charge is -2.30. The second-order valence-electron chi connectivity index (χ2n) is 5.17. The molecular weight excluding hydrogens is 303 g/mol. The number of benzene rings is 2. The molecule has 1 amide bonds. The Morgan fingerprint density at radius 1 is 1.30 bits per heavy atom. The summed E-state index contributed by atoms with van der Waals surface area (Å²) in [6, 6.07) is 8.08. The number of halogens is 1. The quantitative estimate of drug-likeness (QED) is 0.630. The Balaban J connectivity index is 1.98. The van der Waals surface area contributed by atoms with Crippen molar-refractivity contribution in [3.63, 3.8) is 0 Å². The molecule has 118 valence electrons. The van der Waals surface area contributed by atoms with Crippen molar-refractivity contribution in [2.45, 2.75) is 6.92 Å². The number of nitrogens with zero attached hydrogens (tertiary/aromatic N) is 2. The highest BCUT2D eigenvalue weighted by atomic mass is 19.1. The van der Waals surface area contributed by atoms with Crippen molar-refractivity contribution in [1.29, 1.82) is 0 Å². The minimum absolute atomic E-state index is 0.0662. The van der Waals surface area contributed by atoms with Gasteiger partial charge in [0.25, 0.3) is 11.6 Å². The zero-order chi connectivity index (χ0) is 16.6. The fourth-order valence-electron chi connectivity index (χ4n) is 2.55. The summed E-state index contributed by atoms with van der Waals surface area (Å²) < 4.78 is 18.7. The molecule has 0 atom stereocenters. The first-order valence-corrected chi connectivity index (χ1v) is 6.96. The molecule has 0 saturated carbocycles. The number of fused-ring (bicyclic) bond motifs is 1. The number of non-ortho nitro benzene ring substituents is 1. The Kier molecular flexibility index (Phi) is 3.69. The van der Waals surface area contributed by atoms with E-state index >= 15 is 0 Å². The third-order valence-electron chi connectivity index (χ3n) is 3.68. The summed E-state index contributed by atoms with van der Waals surface area (Å²) in [6.07, 6.45) is 0. The van der Waals surface area contributed by atoms with E-state index in [-0.39, 0.29) is 18.2 Å². The molecule has 2 aromatic carbocycles. The van der Waals surface area contributed by atoms with Gasteiger partial charge in [-0.05, 0) is 30.7 Å². The molecule has 0 spiro atoms. The summed E-state index contributed by atoms with van der Waals surface area (Å²) in [5, 5.41) is 10.8. The van der Waals surface area contributed by atoms with Gasteiger partial charge in [-0.15, -0.1) is 0 Å². The van der Waals surface area contributed by atoms with Crippen LogP contribution >= 0.6 is 0 Å². The second kappa shape index (κ2) is 5.68. The number of hydrogen-bond acceptors (Lipinski definition) is 4. The van der Waals surface area contributed by atoms with Crippen LogP contribution in [0.2, 0.25) is 0 Å². The van der Waals surface area contributed by atoms with Gasteiger partial charge in [0.2, 0.25) is 0 Å². The molecule has 23 heavy (non-hydrogen) atoms. The van der Waals surface area contributed by atoms with E-state index in [0.29, 0.717) is 29.1 Å². The second-order valence-corrected chi connectivity index (χ2v) is 5.17. The third kappa shape index (κ3) is 2.73. The fraction of sp³-hybridized carbons (Fsp3) is 0.188. The van der Waals surface area contributed by atoms with Crippen molar-refractivity contribution in [3.8, 4) is 5.75 Å². The van der Waals surface area contributed by atoms with Crippen LogP contribution in [0.3, 0.4) is 0 Å². The molecule has 0 bridgehead atoms. The van der Waals surface area contributed by atoms with Crippen LogP contribution in [0.25, 0.3) is 0 Å². The van der Waals surface area contributed by atoms with Crippen LogP contribution in [0.5, 0.6) is 5.75 Å². The van der Waals surface area contributed by atoms with Crippen molar-refractivity contribution < 1.29 is 18.8 Å². The van der Waals surface area contributed by atoms with Gasteiger partial charge >= 0.3 is 0 Å². The molecule has 0 aliphatic carbocycles. The molecule has 0 aromatic heterocycles. The number of hydrogen-bond donors (Lipinski definition) is 0. The molecule has 0 unspecified atom stereocenters. The van der Waals surface area contributed by atoms with Crippen LogP contribution in [0.4, 0.5) is 15.8 Å². The number of rotatable bonds is 2. The molecular formula is C16H13FN2O4. The Labute approximate surface area is 131 Å². The van der Waals surface area contributed by atoms with E-state index in [2.05, 4.69) is 0 Å². The van der Waals surface area contributed by atoms with Crippen molar-refractivity contribution in [2.24, 2.45) is 0 Å². The molecule has 1 heterocycles. The highest BCUT2D eigenvalue weighted by molar-refractivity contribution is 6.08. The van der Waals surface area contributed by atoms with Gasteiger partial charge in [0.05, 0.1) is 17.2 Å². The summed E-state index contributed by atoms with van der Waals surface area (Å²) in [4.78, 5) is 24.5. The maximum atomic E-state index is 13.3. The van der Waals surface area contributed by atoms with Crippen molar-refractivity contribution in [1.82, 2.24) is 0 Å². The highest BCUT2D eigenvalue weighted by Gasteiger charge is 2.26. The SMILES string of the molecule is Cc1cc([N+](=O)[O-])ccc1C(=O)N1CCOc2cc(F)ccc21. The highest BCUT2D eigenvalue weighted by Crippen LogP contribution is 2.33. The number of anilines is 1. The van der Waals surface area contributed by atoms with Crippen LogP contribution in [-0.4, -0.2) is 24.0 Å². The average Bonchev–Trinajstić information content (AvgIpc) is 2.53. The van der Waals surface area contributed by atoms with E-state index in [9.17, 15) is 19.3 Å². The summed E-state index contributed by atoms with van der Waals surface area (Å²) >= 11 is 0. The van der Waals surface area contributed by atoms with E-state index in [1.54, 1.807) is 6.92 Å². The Morgan fingerprint density at radius 2 is 2.09 bits per heavy atom. The number of carbonyl (C=O) groups is 1. The monoisotopic (exact) mass is 316 g/mol. The molecule has 0 saturated heterocycles. The lowest BCUT2D eigenvalue weighted by Crippen LogP contribution is -2.38. The van der Waals surface area contributed by atoms with Crippen molar-refractivity contribution in [2.75, 3.05) is 18.1 Å². The van der Waals surface area contributed by atoms with Gasteiger partial charge in [-0.25, -0.2) is 4.39 Å². The van der Waals surface area contributed by atoms with Crippen LogP contribution in [0.15, 0.2) is 36.4 Å². The first kappa shape index (κ1) is 15.0. The molecule has 3 rings (SSSR count). The number of carbonyl (C=O) groups excluding carboxylic acids is 1. The van der Waals surface area contributed by atoms with Gasteiger partial charge in [-0.2, -0.15) is 0 Å². The van der Waals surface area contributed by atoms with Crippen LogP contribution < -0.4 is 9.64 Å². The molecule has 0 N–H and O–H groups in total. The maximum Gasteiger partial charge on any atom is 0.269 e. The molecule has 6 nitrogen and oxygen atoms in total. The Bertz CT molecular complexity index is 807. The van der Waals surface area contributed by atoms with E-state index in [1.807, 2.05) is 0 Å². The standard InChI is InChI=1S/C16H13FN2O4/c1-10-8-12(19(21)22)3-4-13(10)16(20)18-6-7-23-15-9-11(17)2-5-14(15)18/h2-5,8-9H,6-7H2,1H3. The molecule has 0 fully saturated rings. The van der Waals surface area contributed by atoms with Gasteiger partial charge < -0.3 is 9.64 Å². The number of nitro benzene ring substituents is 1. The van der Waals surface area contributed by atoms with Gasteiger partial charge in [0.1, 0.15) is 18.2 Å². The minimum atomic E-state index is -0.506. The van der Waals surface area contributed by atoms with E-state index < -0.39 is 10.7 Å². The predicted octanol–water partition coefficient (Wildman–Crippen LogP) is 3.08. The van der Waals surface area contributed by atoms with E-state index in [0.717, 1.165) is 0 Å². The summed E-state index contributed by atoms with van der Waals surface area (Å²) in [6.45, 7) is 2.23. The summed E-state index contributed by atoms with van der Waals surface area (Å²) in [5.41, 5.74) is 1.30. The van der Waals surface area contributed by atoms with Crippen molar-refractivity contribution >= 4 is 17.3 Å². The number of ether oxygens (including phenoxy) is 1.